The highest BCUT2D eigenvalue weighted by Crippen LogP contribution is 2.27. The lowest BCUT2D eigenvalue weighted by Crippen LogP contribution is -2.21. The van der Waals surface area contributed by atoms with Crippen molar-refractivity contribution in [3.8, 4) is 11.6 Å². The summed E-state index contributed by atoms with van der Waals surface area (Å²) in [5, 5.41) is 8.30. The SMILES string of the molecule is Cc1cccc(C)c1NC(=O)COc1cc(C)c2c(C)nn(-c3cccc(F)c3)c2n1. The van der Waals surface area contributed by atoms with E-state index in [9.17, 15) is 9.18 Å². The highest BCUT2D eigenvalue weighted by atomic mass is 19.1. The number of pyridine rings is 1. The lowest BCUT2D eigenvalue weighted by atomic mass is 10.1. The number of benzene rings is 2. The second-order valence-corrected chi connectivity index (χ2v) is 7.56. The van der Waals surface area contributed by atoms with E-state index in [0.29, 0.717) is 17.2 Å². The Balaban J connectivity index is 1.60. The van der Waals surface area contributed by atoms with Crippen LogP contribution in [0.15, 0.2) is 48.5 Å². The lowest BCUT2D eigenvalue weighted by molar-refractivity contribution is -0.118. The number of anilines is 1. The molecular formula is C24H23FN4O2. The van der Waals surface area contributed by atoms with Gasteiger partial charge in [0, 0.05) is 17.1 Å². The fourth-order valence-corrected chi connectivity index (χ4v) is 3.66. The van der Waals surface area contributed by atoms with Crippen LogP contribution in [0.3, 0.4) is 0 Å². The second-order valence-electron chi connectivity index (χ2n) is 7.56. The molecule has 4 aromatic rings. The fourth-order valence-electron chi connectivity index (χ4n) is 3.66. The molecule has 158 valence electrons. The van der Waals surface area contributed by atoms with Crippen LogP contribution in [-0.2, 0) is 4.79 Å². The first-order valence-electron chi connectivity index (χ1n) is 9.95. The number of carbonyl (C=O) groups excluding carboxylic acids is 1. The van der Waals surface area contributed by atoms with Gasteiger partial charge >= 0.3 is 0 Å². The summed E-state index contributed by atoms with van der Waals surface area (Å²) < 4.78 is 21.0. The fraction of sp³-hybridized carbons (Fsp3) is 0.208. The van der Waals surface area contributed by atoms with E-state index in [2.05, 4.69) is 15.4 Å². The summed E-state index contributed by atoms with van der Waals surface area (Å²) in [6.07, 6.45) is 0. The summed E-state index contributed by atoms with van der Waals surface area (Å²) in [5.41, 5.74) is 5.56. The molecule has 1 N–H and O–H groups in total. The largest absolute Gasteiger partial charge is 0.467 e. The van der Waals surface area contributed by atoms with E-state index in [-0.39, 0.29) is 18.3 Å². The van der Waals surface area contributed by atoms with Gasteiger partial charge in [0.25, 0.3) is 5.91 Å². The van der Waals surface area contributed by atoms with Gasteiger partial charge in [0.15, 0.2) is 12.3 Å². The van der Waals surface area contributed by atoms with Gasteiger partial charge in [0.2, 0.25) is 5.88 Å². The molecule has 2 aromatic carbocycles. The smallest absolute Gasteiger partial charge is 0.262 e. The third kappa shape index (κ3) is 4.12. The predicted octanol–water partition coefficient (Wildman–Crippen LogP) is 4.81. The van der Waals surface area contributed by atoms with Crippen LogP contribution in [0.1, 0.15) is 22.4 Å². The zero-order valence-corrected chi connectivity index (χ0v) is 17.9. The van der Waals surface area contributed by atoms with Gasteiger partial charge in [-0.2, -0.15) is 10.1 Å². The van der Waals surface area contributed by atoms with Crippen LogP contribution in [0.5, 0.6) is 5.88 Å². The monoisotopic (exact) mass is 418 g/mol. The van der Waals surface area contributed by atoms with Crippen molar-refractivity contribution in [1.82, 2.24) is 14.8 Å². The molecule has 0 aliphatic carbocycles. The van der Waals surface area contributed by atoms with Crippen molar-refractivity contribution in [2.45, 2.75) is 27.7 Å². The second kappa shape index (κ2) is 8.18. The Bertz CT molecular complexity index is 1280. The quantitative estimate of drug-likeness (QED) is 0.505. The van der Waals surface area contributed by atoms with E-state index in [4.69, 9.17) is 4.74 Å². The molecule has 2 heterocycles. The molecule has 0 bridgehead atoms. The molecular weight excluding hydrogens is 395 g/mol. The molecule has 7 heteroatoms. The van der Waals surface area contributed by atoms with Gasteiger partial charge in [-0.05, 0) is 62.6 Å². The maximum absolute atomic E-state index is 13.7. The molecule has 0 saturated carbocycles. The Labute approximate surface area is 179 Å². The van der Waals surface area contributed by atoms with E-state index in [0.717, 1.165) is 33.5 Å². The summed E-state index contributed by atoms with van der Waals surface area (Å²) in [6, 6.07) is 13.8. The van der Waals surface area contributed by atoms with Gasteiger partial charge in [0.05, 0.1) is 11.4 Å². The number of rotatable bonds is 5. The molecule has 0 unspecified atom stereocenters. The normalized spacial score (nSPS) is 11.0. The number of aromatic nitrogens is 3. The molecule has 0 atom stereocenters. The number of halogens is 1. The summed E-state index contributed by atoms with van der Waals surface area (Å²) in [4.78, 5) is 17.0. The molecule has 0 saturated heterocycles. The van der Waals surface area contributed by atoms with Gasteiger partial charge in [-0.3, -0.25) is 4.79 Å². The number of nitrogens with one attached hydrogen (secondary N) is 1. The first-order valence-corrected chi connectivity index (χ1v) is 9.95. The summed E-state index contributed by atoms with van der Waals surface area (Å²) >= 11 is 0. The summed E-state index contributed by atoms with van der Waals surface area (Å²) in [6.45, 7) is 7.51. The van der Waals surface area contributed by atoms with Gasteiger partial charge < -0.3 is 10.1 Å². The number of hydrogen-bond acceptors (Lipinski definition) is 4. The molecule has 31 heavy (non-hydrogen) atoms. The van der Waals surface area contributed by atoms with Crippen LogP contribution in [0.2, 0.25) is 0 Å². The van der Waals surface area contributed by atoms with E-state index in [1.165, 1.54) is 12.1 Å². The number of carbonyl (C=O) groups is 1. The molecule has 2 aromatic heterocycles. The average Bonchev–Trinajstić information content (AvgIpc) is 3.06. The van der Waals surface area contributed by atoms with E-state index in [1.807, 2.05) is 45.9 Å². The highest BCUT2D eigenvalue weighted by molar-refractivity contribution is 5.93. The van der Waals surface area contributed by atoms with E-state index < -0.39 is 0 Å². The number of para-hydroxylation sites is 1. The van der Waals surface area contributed by atoms with Crippen LogP contribution >= 0.6 is 0 Å². The van der Waals surface area contributed by atoms with E-state index in [1.54, 1.807) is 22.9 Å². The third-order valence-corrected chi connectivity index (χ3v) is 5.14. The Hall–Kier alpha value is -3.74. The maximum atomic E-state index is 13.7. The third-order valence-electron chi connectivity index (χ3n) is 5.14. The molecule has 0 aliphatic rings. The zero-order chi connectivity index (χ0) is 22.1. The number of hydrogen-bond donors (Lipinski definition) is 1. The Morgan fingerprint density at radius 2 is 1.74 bits per heavy atom. The summed E-state index contributed by atoms with van der Waals surface area (Å²) in [5.74, 6) is -0.322. The summed E-state index contributed by atoms with van der Waals surface area (Å²) in [7, 11) is 0. The number of nitrogens with zero attached hydrogens (tertiary/aromatic N) is 3. The van der Waals surface area contributed by atoms with Gasteiger partial charge in [-0.15, -0.1) is 0 Å². The first-order chi connectivity index (χ1) is 14.8. The van der Waals surface area contributed by atoms with Gasteiger partial charge in [-0.25, -0.2) is 9.07 Å². The zero-order valence-electron chi connectivity index (χ0n) is 17.9. The maximum Gasteiger partial charge on any atom is 0.262 e. The minimum atomic E-state index is -0.355. The van der Waals surface area contributed by atoms with Crippen LogP contribution < -0.4 is 10.1 Å². The van der Waals surface area contributed by atoms with Gasteiger partial charge in [-0.1, -0.05) is 24.3 Å². The molecule has 0 fully saturated rings. The molecule has 4 rings (SSSR count). The number of aryl methyl sites for hydroxylation is 4. The number of amides is 1. The Kier molecular flexibility index (Phi) is 5.42. The predicted molar refractivity (Wildman–Crippen MR) is 118 cm³/mol. The van der Waals surface area contributed by atoms with Crippen LogP contribution in [0, 0.1) is 33.5 Å². The van der Waals surface area contributed by atoms with Crippen molar-refractivity contribution in [1.29, 1.82) is 0 Å². The van der Waals surface area contributed by atoms with Crippen molar-refractivity contribution in [2.24, 2.45) is 0 Å². The standard InChI is InChI=1S/C24H23FN4O2/c1-14-7-5-8-15(2)23(14)26-20(30)13-31-21-11-16(3)22-17(4)28-29(24(22)27-21)19-10-6-9-18(25)12-19/h5-12H,13H2,1-4H3,(H,26,30). The molecule has 0 radical (unpaired) electrons. The van der Waals surface area contributed by atoms with E-state index >= 15 is 0 Å². The van der Waals surface area contributed by atoms with Crippen molar-refractivity contribution >= 4 is 22.6 Å². The van der Waals surface area contributed by atoms with Crippen LogP contribution in [-0.4, -0.2) is 27.3 Å². The van der Waals surface area contributed by atoms with Crippen molar-refractivity contribution < 1.29 is 13.9 Å². The lowest BCUT2D eigenvalue weighted by Gasteiger charge is -2.12. The van der Waals surface area contributed by atoms with Crippen molar-refractivity contribution in [3.05, 3.63) is 76.7 Å². The van der Waals surface area contributed by atoms with Gasteiger partial charge in [0.1, 0.15) is 5.82 Å². The molecule has 0 spiro atoms. The minimum absolute atomic E-state index is 0.182. The van der Waals surface area contributed by atoms with Crippen molar-refractivity contribution in [3.63, 3.8) is 0 Å². The molecule has 0 aliphatic heterocycles. The van der Waals surface area contributed by atoms with Crippen LogP contribution in [0.4, 0.5) is 10.1 Å². The van der Waals surface area contributed by atoms with Crippen molar-refractivity contribution in [2.75, 3.05) is 11.9 Å². The van der Waals surface area contributed by atoms with Crippen LogP contribution in [0.25, 0.3) is 16.7 Å². The Morgan fingerprint density at radius 1 is 1.03 bits per heavy atom. The molecule has 1 amide bonds. The highest BCUT2D eigenvalue weighted by Gasteiger charge is 2.16. The topological polar surface area (TPSA) is 69.0 Å². The Morgan fingerprint density at radius 3 is 2.45 bits per heavy atom. The average molecular weight is 418 g/mol. The number of ether oxygens (including phenoxy) is 1. The first kappa shape index (κ1) is 20.5. The number of fused-ring (bicyclic) bond motifs is 1. The molecule has 6 nitrogen and oxygen atoms in total. The minimum Gasteiger partial charge on any atom is -0.467 e.